The third kappa shape index (κ3) is 42.9. The van der Waals surface area contributed by atoms with E-state index < -0.39 is 18.2 Å². The molecular formula is C53H103NO4. The van der Waals surface area contributed by atoms with Gasteiger partial charge >= 0.3 is 0 Å². The number of amides is 1. The van der Waals surface area contributed by atoms with Crippen LogP contribution in [-0.2, 0) is 4.79 Å². The molecule has 0 radical (unpaired) electrons. The Bertz CT molecular complexity index is 859. The highest BCUT2D eigenvalue weighted by Crippen LogP contribution is 2.18. The van der Waals surface area contributed by atoms with Gasteiger partial charge in [0.15, 0.2) is 0 Å². The summed E-state index contributed by atoms with van der Waals surface area (Å²) in [6, 6.07) is -0.828. The summed E-state index contributed by atoms with van der Waals surface area (Å²) in [7, 11) is 0. The largest absolute Gasteiger partial charge is 0.394 e. The highest BCUT2D eigenvalue weighted by Gasteiger charge is 2.26. The Balaban J connectivity index is 3.44. The number of rotatable bonds is 48. The van der Waals surface area contributed by atoms with Crippen molar-refractivity contribution < 1.29 is 20.1 Å². The minimum Gasteiger partial charge on any atom is -0.394 e. The predicted octanol–water partition coefficient (Wildman–Crippen LogP) is 15.7. The molecule has 0 saturated carbocycles. The van der Waals surface area contributed by atoms with Crippen molar-refractivity contribution in [1.29, 1.82) is 0 Å². The Kier molecular flexibility index (Phi) is 47.5. The number of allylic oxidation sites excluding steroid dienone is 4. The first-order valence-corrected chi connectivity index (χ1v) is 26.1. The molecule has 0 aromatic rings. The Morgan fingerprint density at radius 1 is 0.414 bits per heavy atom. The van der Waals surface area contributed by atoms with Crippen LogP contribution in [0.25, 0.3) is 0 Å². The fourth-order valence-electron chi connectivity index (χ4n) is 8.23. The average Bonchev–Trinajstić information content (AvgIpc) is 3.23. The number of aliphatic hydroxyl groups is 3. The van der Waals surface area contributed by atoms with E-state index >= 15 is 0 Å². The number of hydrogen-bond donors (Lipinski definition) is 4. The summed E-state index contributed by atoms with van der Waals surface area (Å²) in [4.78, 5) is 12.4. The molecule has 0 aromatic carbocycles. The molecular weight excluding hydrogens is 715 g/mol. The summed E-state index contributed by atoms with van der Waals surface area (Å²) >= 11 is 0. The smallest absolute Gasteiger partial charge is 0.220 e. The molecule has 5 nitrogen and oxygen atoms in total. The maximum Gasteiger partial charge on any atom is 0.220 e. The van der Waals surface area contributed by atoms with Gasteiger partial charge in [-0.15, -0.1) is 0 Å². The van der Waals surface area contributed by atoms with Crippen molar-refractivity contribution in [2.75, 3.05) is 6.61 Å². The van der Waals surface area contributed by atoms with Crippen LogP contribution in [0.15, 0.2) is 24.3 Å². The van der Waals surface area contributed by atoms with Crippen LogP contribution < -0.4 is 5.32 Å². The van der Waals surface area contributed by atoms with E-state index in [4.69, 9.17) is 0 Å². The van der Waals surface area contributed by atoms with Gasteiger partial charge in [-0.05, 0) is 44.9 Å². The highest BCUT2D eigenvalue weighted by atomic mass is 16.3. The van der Waals surface area contributed by atoms with Crippen LogP contribution in [0.4, 0.5) is 0 Å². The van der Waals surface area contributed by atoms with E-state index in [1.54, 1.807) is 0 Å². The van der Waals surface area contributed by atoms with Gasteiger partial charge in [-0.3, -0.25) is 4.79 Å². The summed E-state index contributed by atoms with van der Waals surface area (Å²) in [5, 5.41) is 33.5. The molecule has 0 aliphatic rings. The second kappa shape index (κ2) is 48.5. The lowest BCUT2D eigenvalue weighted by molar-refractivity contribution is -0.124. The first-order chi connectivity index (χ1) is 28.6. The van der Waals surface area contributed by atoms with E-state index in [9.17, 15) is 20.1 Å². The summed E-state index contributed by atoms with van der Waals surface area (Å²) < 4.78 is 0. The molecule has 4 N–H and O–H groups in total. The van der Waals surface area contributed by atoms with Crippen molar-refractivity contribution in [3.8, 4) is 0 Å². The van der Waals surface area contributed by atoms with Gasteiger partial charge in [0, 0.05) is 6.42 Å². The Morgan fingerprint density at radius 2 is 0.707 bits per heavy atom. The van der Waals surface area contributed by atoms with Crippen LogP contribution in [0.5, 0.6) is 0 Å². The monoisotopic (exact) mass is 818 g/mol. The molecule has 0 aliphatic heterocycles. The van der Waals surface area contributed by atoms with Crippen molar-refractivity contribution in [2.45, 2.75) is 302 Å². The number of aliphatic hydroxyl groups excluding tert-OH is 3. The zero-order valence-electron chi connectivity index (χ0n) is 39.2. The van der Waals surface area contributed by atoms with Crippen LogP contribution in [0.2, 0.25) is 0 Å². The maximum atomic E-state index is 12.4. The fraction of sp³-hybridized carbons (Fsp3) is 0.906. The lowest BCUT2D eigenvalue weighted by Crippen LogP contribution is -2.50. The second-order valence-corrected chi connectivity index (χ2v) is 18.1. The van der Waals surface area contributed by atoms with Crippen molar-refractivity contribution in [3.63, 3.8) is 0 Å². The van der Waals surface area contributed by atoms with E-state index in [1.807, 2.05) is 0 Å². The predicted molar refractivity (Wildman–Crippen MR) is 255 cm³/mol. The van der Waals surface area contributed by atoms with Crippen LogP contribution in [-0.4, -0.2) is 46.1 Å². The molecule has 0 fully saturated rings. The number of nitrogens with one attached hydrogen (secondary N) is 1. The molecule has 0 aromatic heterocycles. The molecule has 5 heteroatoms. The summed E-state index contributed by atoms with van der Waals surface area (Å²) in [6.45, 7) is 4.13. The van der Waals surface area contributed by atoms with E-state index in [0.717, 1.165) is 51.4 Å². The van der Waals surface area contributed by atoms with E-state index in [2.05, 4.69) is 43.5 Å². The van der Waals surface area contributed by atoms with Gasteiger partial charge < -0.3 is 20.6 Å². The Hall–Kier alpha value is -1.17. The zero-order valence-corrected chi connectivity index (χ0v) is 39.2. The fourth-order valence-corrected chi connectivity index (χ4v) is 8.23. The topological polar surface area (TPSA) is 89.8 Å². The molecule has 3 atom stereocenters. The molecule has 0 spiro atoms. The van der Waals surface area contributed by atoms with Gasteiger partial charge in [0.05, 0.1) is 18.8 Å². The van der Waals surface area contributed by atoms with Crippen LogP contribution in [0.1, 0.15) is 284 Å². The van der Waals surface area contributed by atoms with Gasteiger partial charge in [0.1, 0.15) is 6.10 Å². The third-order valence-electron chi connectivity index (χ3n) is 12.3. The number of hydrogen-bond acceptors (Lipinski definition) is 4. The van der Waals surface area contributed by atoms with Gasteiger partial charge in [-0.25, -0.2) is 0 Å². The Labute approximate surface area is 362 Å². The van der Waals surface area contributed by atoms with E-state index in [1.165, 1.54) is 205 Å². The standard InChI is InChI=1S/C53H103NO4/c1-3-5-7-9-11-13-15-16-17-18-19-20-21-22-23-24-25-26-27-28-29-30-31-32-33-34-35-36-38-40-42-44-46-48-52(57)54-50(49-55)53(58)51(56)47-45-43-41-39-37-14-12-10-8-6-4-2/h10,12,39,41,50-51,53,55-56,58H,3-9,11,13-38,40,42-49H2,1-2H3,(H,54,57)/b12-10+,41-39+. The summed E-state index contributed by atoms with van der Waals surface area (Å²) in [5.41, 5.74) is 0. The molecule has 344 valence electrons. The van der Waals surface area contributed by atoms with Gasteiger partial charge in [-0.2, -0.15) is 0 Å². The van der Waals surface area contributed by atoms with E-state index in [0.29, 0.717) is 12.8 Å². The molecule has 1 amide bonds. The minimum absolute atomic E-state index is 0.155. The molecule has 0 rings (SSSR count). The van der Waals surface area contributed by atoms with Crippen molar-refractivity contribution >= 4 is 5.91 Å². The average molecular weight is 818 g/mol. The second-order valence-electron chi connectivity index (χ2n) is 18.1. The van der Waals surface area contributed by atoms with Crippen LogP contribution in [0.3, 0.4) is 0 Å². The van der Waals surface area contributed by atoms with Crippen molar-refractivity contribution in [2.24, 2.45) is 0 Å². The SMILES string of the molecule is CCCC/C=C/CC/C=C/CCCC(O)C(O)C(CO)NC(=O)CCCCCCCCCCCCCCCCCCCCCCCCCCCCCCCCCCC. The Morgan fingerprint density at radius 3 is 1.03 bits per heavy atom. The number of unbranched alkanes of at least 4 members (excludes halogenated alkanes) is 36. The van der Waals surface area contributed by atoms with Crippen LogP contribution >= 0.6 is 0 Å². The summed E-state index contributed by atoms with van der Waals surface area (Å²) in [5.74, 6) is -0.155. The van der Waals surface area contributed by atoms with Gasteiger partial charge in [0.2, 0.25) is 5.91 Å². The molecule has 0 saturated heterocycles. The molecule has 3 unspecified atom stereocenters. The third-order valence-corrected chi connectivity index (χ3v) is 12.3. The lowest BCUT2D eigenvalue weighted by atomic mass is 10.0. The van der Waals surface area contributed by atoms with E-state index in [-0.39, 0.29) is 12.5 Å². The summed E-state index contributed by atoms with van der Waals surface area (Å²) in [6.07, 6.45) is 60.6. The van der Waals surface area contributed by atoms with Gasteiger partial charge in [0.25, 0.3) is 0 Å². The number of carbonyl (C=O) groups is 1. The minimum atomic E-state index is -1.16. The normalized spacial score (nSPS) is 13.5. The quantitative estimate of drug-likeness (QED) is 0.0364. The van der Waals surface area contributed by atoms with Crippen LogP contribution in [0, 0.1) is 0 Å². The molecule has 58 heavy (non-hydrogen) atoms. The number of carbonyl (C=O) groups excluding carboxylic acids is 1. The van der Waals surface area contributed by atoms with Crippen molar-refractivity contribution in [1.82, 2.24) is 5.32 Å². The first-order valence-electron chi connectivity index (χ1n) is 26.1. The molecule has 0 bridgehead atoms. The molecule has 0 heterocycles. The zero-order chi connectivity index (χ0) is 42.3. The lowest BCUT2D eigenvalue weighted by Gasteiger charge is -2.26. The first kappa shape index (κ1) is 56.8. The van der Waals surface area contributed by atoms with Crippen molar-refractivity contribution in [3.05, 3.63) is 24.3 Å². The maximum absolute atomic E-state index is 12.4. The van der Waals surface area contributed by atoms with Gasteiger partial charge in [-0.1, -0.05) is 256 Å². The highest BCUT2D eigenvalue weighted by molar-refractivity contribution is 5.76. The molecule has 0 aliphatic carbocycles.